The van der Waals surface area contributed by atoms with Gasteiger partial charge in [-0.2, -0.15) is 0 Å². The van der Waals surface area contributed by atoms with Gasteiger partial charge in [-0.05, 0) is 37.1 Å². The van der Waals surface area contributed by atoms with Crippen LogP contribution in [-0.2, 0) is 16.0 Å². The Hall–Kier alpha value is -1.59. The maximum Gasteiger partial charge on any atom is 0.224 e. The van der Waals surface area contributed by atoms with Crippen LogP contribution in [0.25, 0.3) is 0 Å². The summed E-state index contributed by atoms with van der Waals surface area (Å²) in [7, 11) is 0. The van der Waals surface area contributed by atoms with Crippen molar-refractivity contribution in [3.63, 3.8) is 0 Å². The van der Waals surface area contributed by atoms with Crippen LogP contribution in [0.5, 0.6) is 5.75 Å². The molecular formula is C16H24N2O3. The maximum atomic E-state index is 11.8. The molecule has 0 saturated carbocycles. The molecular weight excluding hydrogens is 268 g/mol. The third-order valence-electron chi connectivity index (χ3n) is 3.60. The molecule has 1 fully saturated rings. The zero-order valence-corrected chi connectivity index (χ0v) is 12.4. The van der Waals surface area contributed by atoms with Crippen LogP contribution in [0.2, 0.25) is 0 Å². The molecule has 1 heterocycles. The van der Waals surface area contributed by atoms with Crippen molar-refractivity contribution < 1.29 is 14.6 Å². The van der Waals surface area contributed by atoms with E-state index in [4.69, 9.17) is 4.74 Å². The summed E-state index contributed by atoms with van der Waals surface area (Å²) < 4.78 is 5.31. The van der Waals surface area contributed by atoms with Gasteiger partial charge in [0.05, 0.1) is 19.6 Å². The molecule has 0 unspecified atom stereocenters. The predicted octanol–water partition coefficient (Wildman–Crippen LogP) is 1.16. The van der Waals surface area contributed by atoms with Crippen molar-refractivity contribution in [1.82, 2.24) is 10.2 Å². The van der Waals surface area contributed by atoms with Crippen LogP contribution in [0.4, 0.5) is 0 Å². The minimum Gasteiger partial charge on any atom is -0.508 e. The number of morpholine rings is 1. The topological polar surface area (TPSA) is 61.8 Å². The third kappa shape index (κ3) is 6.14. The molecule has 0 atom stereocenters. The number of phenolic OH excluding ortho intramolecular Hbond substituents is 1. The Morgan fingerprint density at radius 3 is 2.86 bits per heavy atom. The average Bonchev–Trinajstić information content (AvgIpc) is 2.48. The fourth-order valence-corrected chi connectivity index (χ4v) is 2.43. The van der Waals surface area contributed by atoms with Crippen molar-refractivity contribution in [3.8, 4) is 5.75 Å². The molecule has 21 heavy (non-hydrogen) atoms. The first-order valence-corrected chi connectivity index (χ1v) is 7.59. The number of hydrogen-bond donors (Lipinski definition) is 2. The van der Waals surface area contributed by atoms with E-state index < -0.39 is 0 Å². The fraction of sp³-hybridized carbons (Fsp3) is 0.562. The molecule has 0 radical (unpaired) electrons. The van der Waals surface area contributed by atoms with E-state index in [1.165, 1.54) is 0 Å². The number of nitrogens with one attached hydrogen (secondary N) is 1. The van der Waals surface area contributed by atoms with Crippen LogP contribution in [0.1, 0.15) is 18.4 Å². The Morgan fingerprint density at radius 1 is 1.29 bits per heavy atom. The van der Waals surface area contributed by atoms with Crippen molar-refractivity contribution >= 4 is 5.91 Å². The molecule has 1 amide bonds. The summed E-state index contributed by atoms with van der Waals surface area (Å²) >= 11 is 0. The molecule has 5 heteroatoms. The molecule has 2 N–H and O–H groups in total. The number of unbranched alkanes of at least 4 members (excludes halogenated alkanes) is 1. The lowest BCUT2D eigenvalue weighted by Gasteiger charge is -2.26. The number of nitrogens with zero attached hydrogens (tertiary/aromatic N) is 1. The van der Waals surface area contributed by atoms with Gasteiger partial charge >= 0.3 is 0 Å². The van der Waals surface area contributed by atoms with Gasteiger partial charge in [-0.15, -0.1) is 0 Å². The van der Waals surface area contributed by atoms with E-state index in [0.29, 0.717) is 13.0 Å². The van der Waals surface area contributed by atoms with Crippen LogP contribution in [0.3, 0.4) is 0 Å². The predicted molar refractivity (Wildman–Crippen MR) is 81.3 cm³/mol. The highest BCUT2D eigenvalue weighted by molar-refractivity contribution is 5.78. The second-order valence-corrected chi connectivity index (χ2v) is 5.36. The molecule has 1 aliphatic rings. The molecule has 1 aromatic rings. The lowest BCUT2D eigenvalue weighted by molar-refractivity contribution is -0.120. The first kappa shape index (κ1) is 15.8. The number of carbonyl (C=O) groups excluding carboxylic acids is 1. The molecule has 2 rings (SSSR count). The van der Waals surface area contributed by atoms with Gasteiger partial charge in [0, 0.05) is 19.6 Å². The average molecular weight is 292 g/mol. The zero-order chi connectivity index (χ0) is 14.9. The number of benzene rings is 1. The Labute approximate surface area is 125 Å². The Balaban J connectivity index is 1.54. The largest absolute Gasteiger partial charge is 0.508 e. The summed E-state index contributed by atoms with van der Waals surface area (Å²) in [5, 5.41) is 12.3. The molecule has 5 nitrogen and oxygen atoms in total. The summed E-state index contributed by atoms with van der Waals surface area (Å²) in [4.78, 5) is 14.2. The van der Waals surface area contributed by atoms with E-state index in [2.05, 4.69) is 10.2 Å². The van der Waals surface area contributed by atoms with E-state index in [-0.39, 0.29) is 11.7 Å². The van der Waals surface area contributed by atoms with Gasteiger partial charge in [-0.1, -0.05) is 12.1 Å². The quantitative estimate of drug-likeness (QED) is 0.741. The summed E-state index contributed by atoms with van der Waals surface area (Å²) in [5.74, 6) is 0.206. The molecule has 0 aliphatic carbocycles. The second kappa shape index (κ2) is 8.64. The maximum absolute atomic E-state index is 11.8. The van der Waals surface area contributed by atoms with E-state index in [0.717, 1.165) is 51.3 Å². The van der Waals surface area contributed by atoms with Crippen molar-refractivity contribution in [1.29, 1.82) is 0 Å². The molecule has 116 valence electrons. The van der Waals surface area contributed by atoms with Gasteiger partial charge in [0.2, 0.25) is 5.91 Å². The summed E-state index contributed by atoms with van der Waals surface area (Å²) in [5.41, 5.74) is 0.834. The molecule has 1 saturated heterocycles. The number of rotatable bonds is 7. The number of ether oxygens (including phenoxy) is 1. The Kier molecular flexibility index (Phi) is 6.50. The summed E-state index contributed by atoms with van der Waals surface area (Å²) in [6, 6.07) is 6.82. The summed E-state index contributed by atoms with van der Waals surface area (Å²) in [6.45, 7) is 5.49. The highest BCUT2D eigenvalue weighted by Crippen LogP contribution is 2.11. The van der Waals surface area contributed by atoms with Gasteiger partial charge in [0.1, 0.15) is 5.75 Å². The lowest BCUT2D eigenvalue weighted by Crippen LogP contribution is -2.37. The van der Waals surface area contributed by atoms with Crippen molar-refractivity contribution in [3.05, 3.63) is 29.8 Å². The van der Waals surface area contributed by atoms with E-state index >= 15 is 0 Å². The third-order valence-corrected chi connectivity index (χ3v) is 3.60. The Morgan fingerprint density at radius 2 is 2.10 bits per heavy atom. The lowest BCUT2D eigenvalue weighted by atomic mass is 10.1. The van der Waals surface area contributed by atoms with Crippen molar-refractivity contribution in [2.75, 3.05) is 39.4 Å². The van der Waals surface area contributed by atoms with Gasteiger partial charge in [0.25, 0.3) is 0 Å². The Bertz CT molecular complexity index is 445. The van der Waals surface area contributed by atoms with Crippen LogP contribution in [-0.4, -0.2) is 55.3 Å². The van der Waals surface area contributed by atoms with Crippen LogP contribution >= 0.6 is 0 Å². The first-order valence-electron chi connectivity index (χ1n) is 7.59. The van der Waals surface area contributed by atoms with Gasteiger partial charge < -0.3 is 15.2 Å². The highest BCUT2D eigenvalue weighted by atomic mass is 16.5. The van der Waals surface area contributed by atoms with E-state index in [1.54, 1.807) is 18.2 Å². The standard InChI is InChI=1S/C16H24N2O3/c19-15-5-3-4-14(12-15)13-16(20)17-6-1-2-7-18-8-10-21-11-9-18/h3-5,12,19H,1-2,6-11,13H2,(H,17,20). The van der Waals surface area contributed by atoms with Crippen molar-refractivity contribution in [2.24, 2.45) is 0 Å². The van der Waals surface area contributed by atoms with Crippen LogP contribution < -0.4 is 5.32 Å². The minimum atomic E-state index is 0.00646. The molecule has 0 bridgehead atoms. The molecule has 0 aromatic heterocycles. The number of amides is 1. The van der Waals surface area contributed by atoms with E-state index in [1.807, 2.05) is 6.07 Å². The number of phenols is 1. The smallest absolute Gasteiger partial charge is 0.224 e. The molecule has 1 aromatic carbocycles. The number of aromatic hydroxyl groups is 1. The van der Waals surface area contributed by atoms with Gasteiger partial charge in [-0.25, -0.2) is 0 Å². The van der Waals surface area contributed by atoms with Gasteiger partial charge in [0.15, 0.2) is 0 Å². The highest BCUT2D eigenvalue weighted by Gasteiger charge is 2.09. The zero-order valence-electron chi connectivity index (χ0n) is 12.4. The summed E-state index contributed by atoms with van der Waals surface area (Å²) in [6.07, 6.45) is 2.40. The van der Waals surface area contributed by atoms with E-state index in [9.17, 15) is 9.90 Å². The fourth-order valence-electron chi connectivity index (χ4n) is 2.43. The van der Waals surface area contributed by atoms with Crippen LogP contribution in [0, 0.1) is 0 Å². The monoisotopic (exact) mass is 292 g/mol. The molecule has 0 spiro atoms. The molecule has 1 aliphatic heterocycles. The first-order chi connectivity index (χ1) is 10.2. The van der Waals surface area contributed by atoms with Crippen LogP contribution in [0.15, 0.2) is 24.3 Å². The SMILES string of the molecule is O=C(Cc1cccc(O)c1)NCCCCN1CCOCC1. The normalized spacial score (nSPS) is 15.8. The van der Waals surface area contributed by atoms with Crippen molar-refractivity contribution in [2.45, 2.75) is 19.3 Å². The second-order valence-electron chi connectivity index (χ2n) is 5.36. The minimum absolute atomic E-state index is 0.00646. The number of carbonyl (C=O) groups is 1. The van der Waals surface area contributed by atoms with Gasteiger partial charge in [-0.3, -0.25) is 9.69 Å². The number of hydrogen-bond acceptors (Lipinski definition) is 4.